The summed E-state index contributed by atoms with van der Waals surface area (Å²) in [4.78, 5) is 16.9. The molecule has 1 fully saturated rings. The Morgan fingerprint density at radius 3 is 2.59 bits per heavy atom. The first-order chi connectivity index (χ1) is 13.8. The highest BCUT2D eigenvalue weighted by molar-refractivity contribution is 7.88. The minimum absolute atomic E-state index is 0.0922. The minimum atomic E-state index is -3.19. The first kappa shape index (κ1) is 19.7. The van der Waals surface area contributed by atoms with Crippen molar-refractivity contribution in [2.75, 3.05) is 19.3 Å². The van der Waals surface area contributed by atoms with Crippen molar-refractivity contribution >= 4 is 26.7 Å². The third-order valence-corrected chi connectivity index (χ3v) is 6.79. The molecule has 8 nitrogen and oxygen atoms in total. The molecule has 2 aromatic heterocycles. The largest absolute Gasteiger partial charge is 0.334 e. The summed E-state index contributed by atoms with van der Waals surface area (Å²) in [5.41, 5.74) is 3.43. The molecular formula is C20H23N5O3S. The van der Waals surface area contributed by atoms with Crippen molar-refractivity contribution in [1.29, 1.82) is 0 Å². The van der Waals surface area contributed by atoms with Gasteiger partial charge in [0.15, 0.2) is 0 Å². The van der Waals surface area contributed by atoms with E-state index in [4.69, 9.17) is 0 Å². The smallest absolute Gasteiger partial charge is 0.211 e. The number of sulfonamides is 1. The topological polar surface area (TPSA) is 98.1 Å². The Morgan fingerprint density at radius 1 is 1.17 bits per heavy atom. The van der Waals surface area contributed by atoms with Crippen LogP contribution in [0.4, 0.5) is 0 Å². The number of ketones is 1. The van der Waals surface area contributed by atoms with Crippen LogP contribution in [0.5, 0.6) is 0 Å². The van der Waals surface area contributed by atoms with Gasteiger partial charge in [-0.3, -0.25) is 4.79 Å². The molecule has 0 N–H and O–H groups in total. The molecule has 0 spiro atoms. The quantitative estimate of drug-likeness (QED) is 0.633. The van der Waals surface area contributed by atoms with Crippen molar-refractivity contribution in [3.63, 3.8) is 0 Å². The molecule has 29 heavy (non-hydrogen) atoms. The zero-order valence-corrected chi connectivity index (χ0v) is 17.3. The van der Waals surface area contributed by atoms with E-state index in [1.165, 1.54) is 10.6 Å². The average molecular weight is 414 g/mol. The second kappa shape index (κ2) is 7.64. The Balaban J connectivity index is 1.49. The van der Waals surface area contributed by atoms with Crippen LogP contribution in [0, 0.1) is 5.92 Å². The summed E-state index contributed by atoms with van der Waals surface area (Å²) in [6.07, 6.45) is 6.09. The minimum Gasteiger partial charge on any atom is -0.334 e. The van der Waals surface area contributed by atoms with E-state index in [9.17, 15) is 13.2 Å². The van der Waals surface area contributed by atoms with Gasteiger partial charge in [0.2, 0.25) is 10.0 Å². The lowest BCUT2D eigenvalue weighted by atomic mass is 9.91. The van der Waals surface area contributed by atoms with Gasteiger partial charge in [-0.2, -0.15) is 10.2 Å². The maximum atomic E-state index is 12.7. The molecule has 3 heterocycles. The molecule has 3 aromatic rings. The molecule has 152 valence electrons. The van der Waals surface area contributed by atoms with Gasteiger partial charge in [-0.05, 0) is 31.0 Å². The van der Waals surface area contributed by atoms with Crippen LogP contribution in [0.3, 0.4) is 0 Å². The van der Waals surface area contributed by atoms with Crippen molar-refractivity contribution in [1.82, 2.24) is 24.1 Å². The molecule has 0 saturated carbocycles. The van der Waals surface area contributed by atoms with E-state index in [0.29, 0.717) is 31.6 Å². The van der Waals surface area contributed by atoms with Crippen LogP contribution < -0.4 is 0 Å². The van der Waals surface area contributed by atoms with Crippen LogP contribution in [0.2, 0.25) is 0 Å². The number of carbonyl (C=O) groups is 1. The fourth-order valence-electron chi connectivity index (χ4n) is 3.80. The summed E-state index contributed by atoms with van der Waals surface area (Å²) in [7, 11) is -1.25. The molecule has 1 aromatic carbocycles. The van der Waals surface area contributed by atoms with E-state index < -0.39 is 10.0 Å². The standard InChI is InChI=1S/C20H23N5O3S/c1-24-13-21-12-19(24)15-3-4-18-16(9-15)10-17(22-23-18)11-20(26)14-5-7-25(8-6-14)29(2,27)28/h3-4,9-10,12-14H,5-8,11H2,1-2H3. The van der Waals surface area contributed by atoms with Crippen molar-refractivity contribution in [3.8, 4) is 11.3 Å². The number of Topliss-reactive ketones (excluding diaryl/α,β-unsaturated/α-hetero) is 1. The maximum absolute atomic E-state index is 12.7. The molecular weight excluding hydrogens is 390 g/mol. The van der Waals surface area contributed by atoms with Gasteiger partial charge in [0, 0.05) is 37.0 Å². The van der Waals surface area contributed by atoms with Crippen LogP contribution in [0.25, 0.3) is 22.2 Å². The normalized spacial score (nSPS) is 16.3. The molecule has 0 atom stereocenters. The molecule has 1 aliphatic rings. The highest BCUT2D eigenvalue weighted by Gasteiger charge is 2.29. The molecule has 1 saturated heterocycles. The summed E-state index contributed by atoms with van der Waals surface area (Å²) in [5, 5.41) is 9.39. The molecule has 0 amide bonds. The first-order valence-corrected chi connectivity index (χ1v) is 11.4. The molecule has 0 aliphatic carbocycles. The molecule has 1 aliphatic heterocycles. The predicted molar refractivity (Wildman–Crippen MR) is 110 cm³/mol. The van der Waals surface area contributed by atoms with Gasteiger partial charge in [0.1, 0.15) is 5.78 Å². The fraction of sp³-hybridized carbons (Fsp3) is 0.400. The third kappa shape index (κ3) is 4.20. The van der Waals surface area contributed by atoms with Crippen molar-refractivity contribution in [2.24, 2.45) is 13.0 Å². The summed E-state index contributed by atoms with van der Waals surface area (Å²) in [6, 6.07) is 7.83. The number of imidazole rings is 1. The van der Waals surface area contributed by atoms with Crippen LogP contribution in [0.1, 0.15) is 18.5 Å². The molecule has 0 radical (unpaired) electrons. The zero-order valence-electron chi connectivity index (χ0n) is 16.4. The lowest BCUT2D eigenvalue weighted by Gasteiger charge is -2.29. The average Bonchev–Trinajstić information content (AvgIpc) is 3.13. The number of carbonyl (C=O) groups excluding carboxylic acids is 1. The van der Waals surface area contributed by atoms with Gasteiger partial charge >= 0.3 is 0 Å². The molecule has 0 unspecified atom stereocenters. The van der Waals surface area contributed by atoms with E-state index in [-0.39, 0.29) is 18.1 Å². The van der Waals surface area contributed by atoms with Crippen LogP contribution >= 0.6 is 0 Å². The Labute approximate surface area is 169 Å². The Hall–Kier alpha value is -2.65. The van der Waals surface area contributed by atoms with E-state index >= 15 is 0 Å². The predicted octanol–water partition coefficient (Wildman–Crippen LogP) is 1.81. The number of nitrogens with zero attached hydrogens (tertiary/aromatic N) is 5. The number of hydrogen-bond acceptors (Lipinski definition) is 6. The number of piperidine rings is 1. The molecule has 4 rings (SSSR count). The Kier molecular flexibility index (Phi) is 5.18. The third-order valence-electron chi connectivity index (χ3n) is 5.48. The number of aryl methyl sites for hydroxylation is 1. The molecule has 9 heteroatoms. The van der Waals surface area contributed by atoms with Crippen molar-refractivity contribution in [2.45, 2.75) is 19.3 Å². The van der Waals surface area contributed by atoms with Gasteiger partial charge in [-0.15, -0.1) is 0 Å². The fourth-order valence-corrected chi connectivity index (χ4v) is 4.68. The van der Waals surface area contributed by atoms with Crippen molar-refractivity contribution < 1.29 is 13.2 Å². The highest BCUT2D eigenvalue weighted by Crippen LogP contribution is 2.24. The van der Waals surface area contributed by atoms with Gasteiger partial charge < -0.3 is 4.57 Å². The van der Waals surface area contributed by atoms with Gasteiger partial charge in [-0.1, -0.05) is 6.07 Å². The van der Waals surface area contributed by atoms with Crippen LogP contribution in [0.15, 0.2) is 36.8 Å². The van der Waals surface area contributed by atoms with E-state index in [1.54, 1.807) is 6.33 Å². The van der Waals surface area contributed by atoms with Gasteiger partial charge in [0.25, 0.3) is 0 Å². The van der Waals surface area contributed by atoms with Crippen LogP contribution in [-0.2, 0) is 28.3 Å². The van der Waals surface area contributed by atoms with Gasteiger partial charge in [-0.25, -0.2) is 17.7 Å². The number of hydrogen-bond donors (Lipinski definition) is 0. The molecule has 0 bridgehead atoms. The highest BCUT2D eigenvalue weighted by atomic mass is 32.2. The number of benzene rings is 1. The number of fused-ring (bicyclic) bond motifs is 1. The van der Waals surface area contributed by atoms with Crippen LogP contribution in [-0.4, -0.2) is 57.6 Å². The monoisotopic (exact) mass is 413 g/mol. The second-order valence-corrected chi connectivity index (χ2v) is 9.56. The summed E-state index contributed by atoms with van der Waals surface area (Å²) in [5.74, 6) is -0.0409. The summed E-state index contributed by atoms with van der Waals surface area (Å²) < 4.78 is 26.6. The van der Waals surface area contributed by atoms with E-state index in [1.807, 2.05) is 42.1 Å². The summed E-state index contributed by atoms with van der Waals surface area (Å²) >= 11 is 0. The van der Waals surface area contributed by atoms with E-state index in [2.05, 4.69) is 15.2 Å². The zero-order chi connectivity index (χ0) is 20.6. The Bertz CT molecular complexity index is 1160. The summed E-state index contributed by atoms with van der Waals surface area (Å²) in [6.45, 7) is 0.791. The lowest BCUT2D eigenvalue weighted by molar-refractivity contribution is -0.123. The first-order valence-electron chi connectivity index (χ1n) is 9.52. The van der Waals surface area contributed by atoms with Gasteiger partial charge in [0.05, 0.1) is 42.1 Å². The number of aromatic nitrogens is 4. The maximum Gasteiger partial charge on any atom is 0.211 e. The Morgan fingerprint density at radius 2 is 1.93 bits per heavy atom. The second-order valence-electron chi connectivity index (χ2n) is 7.58. The van der Waals surface area contributed by atoms with Crippen molar-refractivity contribution in [3.05, 3.63) is 42.5 Å². The SMILES string of the molecule is Cn1cncc1-c1ccc2nnc(CC(=O)C3CCN(S(C)(=O)=O)CC3)cc2c1. The lowest BCUT2D eigenvalue weighted by Crippen LogP contribution is -2.39. The number of rotatable bonds is 5. The van der Waals surface area contributed by atoms with E-state index in [0.717, 1.165) is 22.2 Å².